The fourth-order valence-electron chi connectivity index (χ4n) is 3.05. The highest BCUT2D eigenvalue weighted by Crippen LogP contribution is 2.25. The highest BCUT2D eigenvalue weighted by Gasteiger charge is 2.09. The van der Waals surface area contributed by atoms with Gasteiger partial charge < -0.3 is 0 Å². The van der Waals surface area contributed by atoms with Gasteiger partial charge in [-0.3, -0.25) is 9.97 Å². The zero-order chi connectivity index (χ0) is 21.2. The van der Waals surface area contributed by atoms with E-state index < -0.39 is 0 Å². The lowest BCUT2D eigenvalue weighted by Crippen LogP contribution is -1.94. The van der Waals surface area contributed by atoms with Crippen molar-refractivity contribution >= 4 is 18.2 Å². The lowest BCUT2D eigenvalue weighted by molar-refractivity contribution is 1.20. The minimum atomic E-state index is 0.853. The Morgan fingerprint density at radius 3 is 1.40 bits per heavy atom. The molecule has 0 fully saturated rings. The molecule has 3 heterocycles. The van der Waals surface area contributed by atoms with Gasteiger partial charge in [-0.2, -0.15) is 0 Å². The van der Waals surface area contributed by atoms with E-state index in [4.69, 9.17) is 4.98 Å². The number of pyridine rings is 3. The van der Waals surface area contributed by atoms with Crippen molar-refractivity contribution in [2.75, 3.05) is 0 Å². The van der Waals surface area contributed by atoms with E-state index in [0.29, 0.717) is 0 Å². The van der Waals surface area contributed by atoms with Crippen LogP contribution < -0.4 is 0 Å². The second-order valence-corrected chi connectivity index (χ2v) is 7.05. The van der Waals surface area contributed by atoms with Gasteiger partial charge in [0.25, 0.3) is 0 Å². The first-order valence-corrected chi connectivity index (χ1v) is 10.7. The van der Waals surface area contributed by atoms with E-state index in [0.717, 1.165) is 58.7 Å². The van der Waals surface area contributed by atoms with Crippen LogP contribution in [-0.2, 0) is 0 Å². The summed E-state index contributed by atoms with van der Waals surface area (Å²) in [6.45, 7) is 6.40. The van der Waals surface area contributed by atoms with E-state index in [2.05, 4.69) is 91.5 Å². The van der Waals surface area contributed by atoms with Crippen molar-refractivity contribution in [1.29, 1.82) is 0 Å². The van der Waals surface area contributed by atoms with Crippen LogP contribution in [0.15, 0.2) is 67.0 Å². The number of nitrogens with zero attached hydrogens (tertiary/aromatic N) is 3. The maximum atomic E-state index is 4.92. The smallest absolute Gasteiger partial charge is 0.0900 e. The summed E-state index contributed by atoms with van der Waals surface area (Å²) in [5, 5.41) is 0. The zero-order valence-electron chi connectivity index (χ0n) is 18.0. The second-order valence-electron chi connectivity index (χ2n) is 7.05. The second kappa shape index (κ2) is 11.0. The van der Waals surface area contributed by atoms with Crippen LogP contribution in [0.2, 0.25) is 0 Å². The Morgan fingerprint density at radius 1 is 0.567 bits per heavy atom. The van der Waals surface area contributed by atoms with Gasteiger partial charge >= 0.3 is 0 Å². The van der Waals surface area contributed by atoms with Gasteiger partial charge in [-0.05, 0) is 72.4 Å². The van der Waals surface area contributed by atoms with Crippen molar-refractivity contribution in [1.82, 2.24) is 15.0 Å². The molecule has 0 aromatic carbocycles. The first kappa shape index (κ1) is 21.4. The number of allylic oxidation sites excluding steroid dienone is 3. The summed E-state index contributed by atoms with van der Waals surface area (Å²) in [6.07, 6.45) is 19.5. The molecule has 0 radical (unpaired) electrons. The van der Waals surface area contributed by atoms with E-state index in [1.165, 1.54) is 0 Å². The molecule has 0 unspecified atom stereocenters. The molecule has 0 N–H and O–H groups in total. The fraction of sp³-hybridized carbons (Fsp3) is 0.222. The predicted molar refractivity (Wildman–Crippen MR) is 129 cm³/mol. The molecular weight excluding hydrogens is 366 g/mol. The normalized spacial score (nSPS) is 11.8. The van der Waals surface area contributed by atoms with Gasteiger partial charge in [-0.1, -0.05) is 57.2 Å². The van der Waals surface area contributed by atoms with Crippen LogP contribution in [0.4, 0.5) is 0 Å². The average molecular weight is 396 g/mol. The van der Waals surface area contributed by atoms with Crippen molar-refractivity contribution < 1.29 is 0 Å². The maximum absolute atomic E-state index is 4.92. The molecule has 3 rings (SSSR count). The van der Waals surface area contributed by atoms with Crippen LogP contribution in [0.5, 0.6) is 0 Å². The first-order chi connectivity index (χ1) is 14.7. The van der Waals surface area contributed by atoms with Gasteiger partial charge in [-0.25, -0.2) is 4.98 Å². The number of hydrogen-bond donors (Lipinski definition) is 0. The van der Waals surface area contributed by atoms with Crippen molar-refractivity contribution in [3.63, 3.8) is 0 Å². The van der Waals surface area contributed by atoms with Crippen LogP contribution in [-0.4, -0.2) is 15.0 Å². The third-order valence-corrected chi connectivity index (χ3v) is 4.58. The Bertz CT molecular complexity index is 985. The maximum Gasteiger partial charge on any atom is 0.0900 e. The Balaban J connectivity index is 2.08. The van der Waals surface area contributed by atoms with Crippen LogP contribution in [0.3, 0.4) is 0 Å². The van der Waals surface area contributed by atoms with Crippen LogP contribution in [0.25, 0.3) is 41.0 Å². The Kier molecular flexibility index (Phi) is 7.85. The van der Waals surface area contributed by atoms with E-state index in [1.807, 2.05) is 24.5 Å². The van der Waals surface area contributed by atoms with Crippen LogP contribution >= 0.6 is 0 Å². The lowest BCUT2D eigenvalue weighted by atomic mass is 10.1. The van der Waals surface area contributed by atoms with Gasteiger partial charge in [0.15, 0.2) is 0 Å². The number of hydrogen-bond acceptors (Lipinski definition) is 3. The summed E-state index contributed by atoms with van der Waals surface area (Å²) in [7, 11) is 0. The molecule has 0 aliphatic heterocycles. The minimum absolute atomic E-state index is 0.853. The van der Waals surface area contributed by atoms with E-state index in [-0.39, 0.29) is 0 Å². The van der Waals surface area contributed by atoms with Crippen molar-refractivity contribution in [3.8, 4) is 22.8 Å². The topological polar surface area (TPSA) is 38.7 Å². The monoisotopic (exact) mass is 395 g/mol. The van der Waals surface area contributed by atoms with Crippen LogP contribution in [0.1, 0.15) is 56.7 Å². The summed E-state index contributed by atoms with van der Waals surface area (Å²) in [4.78, 5) is 14.1. The molecular formula is C27H29N3. The molecule has 3 heteroatoms. The molecule has 0 atom stereocenters. The Labute approximate surface area is 180 Å². The summed E-state index contributed by atoms with van der Waals surface area (Å²) in [5.41, 5.74) is 6.79. The van der Waals surface area contributed by atoms with Crippen molar-refractivity contribution in [2.24, 2.45) is 0 Å². The highest BCUT2D eigenvalue weighted by atomic mass is 14.8. The molecule has 3 aromatic rings. The van der Waals surface area contributed by atoms with Gasteiger partial charge in [0.05, 0.1) is 22.8 Å². The first-order valence-electron chi connectivity index (χ1n) is 10.7. The molecule has 0 amide bonds. The van der Waals surface area contributed by atoms with Gasteiger partial charge in [-0.15, -0.1) is 0 Å². The quantitative estimate of drug-likeness (QED) is 0.397. The fourth-order valence-corrected chi connectivity index (χ4v) is 3.05. The number of rotatable bonds is 8. The predicted octanol–water partition coefficient (Wildman–Crippen LogP) is 7.48. The minimum Gasteiger partial charge on any atom is -0.255 e. The standard InChI is InChI=1S/C27H29N3/c1-4-7-10-21-13-15-28-24(17-21)26-19-23(12-9-6-3)20-27(30-26)25-18-22(11-8-5-2)14-16-29-25/h7-20H,4-6H2,1-3H3/b10-7+,11-8+,12-9+. The molecule has 0 saturated heterocycles. The zero-order valence-corrected chi connectivity index (χ0v) is 18.0. The van der Waals surface area contributed by atoms with Gasteiger partial charge in [0.1, 0.15) is 0 Å². The summed E-state index contributed by atoms with van der Waals surface area (Å²) < 4.78 is 0. The average Bonchev–Trinajstić information content (AvgIpc) is 2.80. The molecule has 152 valence electrons. The molecule has 0 aliphatic rings. The Morgan fingerprint density at radius 2 is 0.967 bits per heavy atom. The summed E-state index contributed by atoms with van der Waals surface area (Å²) in [6, 6.07) is 12.4. The van der Waals surface area contributed by atoms with Crippen molar-refractivity contribution in [2.45, 2.75) is 40.0 Å². The lowest BCUT2D eigenvalue weighted by Gasteiger charge is -2.08. The highest BCUT2D eigenvalue weighted by molar-refractivity contribution is 5.70. The Hall–Kier alpha value is -3.33. The molecule has 0 spiro atoms. The molecule has 3 nitrogen and oxygen atoms in total. The largest absolute Gasteiger partial charge is 0.255 e. The molecule has 0 saturated carbocycles. The molecule has 30 heavy (non-hydrogen) atoms. The molecule has 0 aliphatic carbocycles. The third-order valence-electron chi connectivity index (χ3n) is 4.58. The van der Waals surface area contributed by atoms with Crippen molar-refractivity contribution in [3.05, 3.63) is 83.7 Å². The van der Waals surface area contributed by atoms with E-state index in [1.54, 1.807) is 0 Å². The number of aromatic nitrogens is 3. The van der Waals surface area contributed by atoms with Gasteiger partial charge in [0.2, 0.25) is 0 Å². The summed E-state index contributed by atoms with van der Waals surface area (Å²) >= 11 is 0. The van der Waals surface area contributed by atoms with E-state index in [9.17, 15) is 0 Å². The van der Waals surface area contributed by atoms with Gasteiger partial charge in [0, 0.05) is 12.4 Å². The molecule has 3 aromatic heterocycles. The van der Waals surface area contributed by atoms with Crippen LogP contribution in [0, 0.1) is 0 Å². The SMILES string of the molecule is CC/C=C/c1ccnc(-c2cc(/C=C/CC)cc(-c3cc(/C=C/CC)ccn3)n2)c1. The van der Waals surface area contributed by atoms with E-state index >= 15 is 0 Å². The molecule has 0 bridgehead atoms. The summed E-state index contributed by atoms with van der Waals surface area (Å²) in [5.74, 6) is 0. The third kappa shape index (κ3) is 5.84.